The largest absolute Gasteiger partial charge is 0.467 e. The van der Waals surface area contributed by atoms with Gasteiger partial charge in [0.1, 0.15) is 4.99 Å². The number of aromatic nitrogens is 1. The lowest BCUT2D eigenvalue weighted by molar-refractivity contribution is -0.154. The lowest BCUT2D eigenvalue weighted by Crippen LogP contribution is -2.46. The number of hydrogen-bond donors (Lipinski definition) is 1. The van der Waals surface area contributed by atoms with E-state index in [1.807, 2.05) is 17.0 Å². The number of esters is 1. The number of carbonyl (C=O) groups is 1. The van der Waals surface area contributed by atoms with E-state index < -0.39 is 6.10 Å². The molecule has 0 aromatic carbocycles. The Balaban J connectivity index is 2.15. The number of rotatable bonds is 3. The molecule has 1 aromatic heterocycles. The highest BCUT2D eigenvalue weighted by atomic mass is 32.1. The van der Waals surface area contributed by atoms with E-state index in [0.29, 0.717) is 25.4 Å². The topological polar surface area (TPSA) is 77.7 Å². The third-order valence-electron chi connectivity index (χ3n) is 2.89. The zero-order valence-electron chi connectivity index (χ0n) is 10.5. The summed E-state index contributed by atoms with van der Waals surface area (Å²) in [6, 6.07) is 3.66. The van der Waals surface area contributed by atoms with E-state index in [-0.39, 0.29) is 11.0 Å². The third-order valence-corrected chi connectivity index (χ3v) is 3.10. The number of thiocarbonyl (C=S) groups is 1. The Kier molecular flexibility index (Phi) is 4.28. The van der Waals surface area contributed by atoms with Crippen molar-refractivity contribution >= 4 is 28.9 Å². The molecule has 0 aliphatic carbocycles. The fourth-order valence-electron chi connectivity index (χ4n) is 1.91. The number of pyridine rings is 1. The SMILES string of the molecule is COC(=O)C1CN(c2ccnc(C(N)=S)c2)CCO1. The number of methoxy groups -OCH3 is 1. The number of ether oxygens (including phenoxy) is 2. The Morgan fingerprint density at radius 3 is 3.16 bits per heavy atom. The van der Waals surface area contributed by atoms with Crippen molar-refractivity contribution in [1.29, 1.82) is 0 Å². The standard InChI is InChI=1S/C12H15N3O3S/c1-17-12(16)10-7-15(4-5-18-10)8-2-3-14-9(6-8)11(13)19/h2-3,6,10H,4-5,7H2,1H3,(H2,13,19). The highest BCUT2D eigenvalue weighted by molar-refractivity contribution is 7.80. The van der Waals surface area contributed by atoms with Gasteiger partial charge in [-0.3, -0.25) is 4.98 Å². The van der Waals surface area contributed by atoms with Crippen molar-refractivity contribution in [1.82, 2.24) is 4.98 Å². The van der Waals surface area contributed by atoms with Crippen LogP contribution in [0.5, 0.6) is 0 Å². The van der Waals surface area contributed by atoms with Crippen LogP contribution in [0.25, 0.3) is 0 Å². The van der Waals surface area contributed by atoms with Crippen LogP contribution in [0.2, 0.25) is 0 Å². The number of hydrogen-bond acceptors (Lipinski definition) is 6. The zero-order valence-corrected chi connectivity index (χ0v) is 11.4. The van der Waals surface area contributed by atoms with E-state index in [1.165, 1.54) is 7.11 Å². The van der Waals surface area contributed by atoms with Crippen molar-refractivity contribution in [2.24, 2.45) is 5.73 Å². The van der Waals surface area contributed by atoms with Gasteiger partial charge in [-0.15, -0.1) is 0 Å². The summed E-state index contributed by atoms with van der Waals surface area (Å²) in [4.78, 5) is 17.9. The van der Waals surface area contributed by atoms with E-state index in [0.717, 1.165) is 5.69 Å². The maximum absolute atomic E-state index is 11.5. The molecule has 1 aliphatic heterocycles. The molecule has 102 valence electrons. The molecule has 2 N–H and O–H groups in total. The normalized spacial score (nSPS) is 19.0. The van der Waals surface area contributed by atoms with Crippen LogP contribution in [-0.4, -0.2) is 48.9 Å². The van der Waals surface area contributed by atoms with E-state index >= 15 is 0 Å². The molecule has 0 saturated carbocycles. The minimum atomic E-state index is -0.569. The monoisotopic (exact) mass is 281 g/mol. The molecule has 1 fully saturated rings. The van der Waals surface area contributed by atoms with Crippen LogP contribution in [0.1, 0.15) is 5.69 Å². The van der Waals surface area contributed by atoms with Gasteiger partial charge in [0.2, 0.25) is 0 Å². The van der Waals surface area contributed by atoms with Gasteiger partial charge >= 0.3 is 5.97 Å². The molecule has 1 atom stereocenters. The summed E-state index contributed by atoms with van der Waals surface area (Å²) in [5.41, 5.74) is 7.04. The molecule has 0 radical (unpaired) electrons. The van der Waals surface area contributed by atoms with Crippen molar-refractivity contribution < 1.29 is 14.3 Å². The second-order valence-corrected chi connectivity index (χ2v) is 4.53. The van der Waals surface area contributed by atoms with Gasteiger partial charge in [0, 0.05) is 18.4 Å². The summed E-state index contributed by atoms with van der Waals surface area (Å²) < 4.78 is 10.1. The van der Waals surface area contributed by atoms with Crippen LogP contribution < -0.4 is 10.6 Å². The molecule has 2 rings (SSSR count). The number of anilines is 1. The van der Waals surface area contributed by atoms with Crippen molar-refractivity contribution in [2.45, 2.75) is 6.10 Å². The Hall–Kier alpha value is -1.73. The zero-order chi connectivity index (χ0) is 13.8. The summed E-state index contributed by atoms with van der Waals surface area (Å²) >= 11 is 4.90. The first-order valence-corrected chi connectivity index (χ1v) is 6.23. The van der Waals surface area contributed by atoms with E-state index in [1.54, 1.807) is 6.20 Å². The Morgan fingerprint density at radius 2 is 2.47 bits per heavy atom. The number of nitrogens with zero attached hydrogens (tertiary/aromatic N) is 2. The van der Waals surface area contributed by atoms with Crippen LogP contribution in [0.3, 0.4) is 0 Å². The molecule has 1 aliphatic rings. The van der Waals surface area contributed by atoms with Gasteiger partial charge in [0.25, 0.3) is 0 Å². The van der Waals surface area contributed by atoms with Crippen LogP contribution in [0.15, 0.2) is 18.3 Å². The molecule has 0 spiro atoms. The molecule has 1 saturated heterocycles. The summed E-state index contributed by atoms with van der Waals surface area (Å²) in [5.74, 6) is -0.367. The smallest absolute Gasteiger partial charge is 0.336 e. The molecule has 0 amide bonds. The second-order valence-electron chi connectivity index (χ2n) is 4.09. The maximum Gasteiger partial charge on any atom is 0.336 e. The molecule has 2 heterocycles. The van der Waals surface area contributed by atoms with E-state index in [9.17, 15) is 4.79 Å². The Morgan fingerprint density at radius 1 is 1.68 bits per heavy atom. The summed E-state index contributed by atoms with van der Waals surface area (Å²) in [6.07, 6.45) is 1.08. The van der Waals surface area contributed by atoms with Crippen molar-refractivity contribution in [3.05, 3.63) is 24.0 Å². The fourth-order valence-corrected chi connectivity index (χ4v) is 2.02. The lowest BCUT2D eigenvalue weighted by atomic mass is 10.2. The summed E-state index contributed by atoms with van der Waals surface area (Å²) in [6.45, 7) is 1.59. The van der Waals surface area contributed by atoms with Crippen molar-refractivity contribution in [3.63, 3.8) is 0 Å². The molecule has 1 aromatic rings. The average molecular weight is 281 g/mol. The van der Waals surface area contributed by atoms with Crippen LogP contribution >= 0.6 is 12.2 Å². The lowest BCUT2D eigenvalue weighted by Gasteiger charge is -2.33. The van der Waals surface area contributed by atoms with Gasteiger partial charge in [-0.05, 0) is 12.1 Å². The predicted molar refractivity (Wildman–Crippen MR) is 74.1 cm³/mol. The molecular formula is C12H15N3O3S. The van der Waals surface area contributed by atoms with Crippen LogP contribution in [0.4, 0.5) is 5.69 Å². The van der Waals surface area contributed by atoms with E-state index in [4.69, 9.17) is 27.4 Å². The fraction of sp³-hybridized carbons (Fsp3) is 0.417. The van der Waals surface area contributed by atoms with Gasteiger partial charge in [-0.2, -0.15) is 0 Å². The van der Waals surface area contributed by atoms with Crippen molar-refractivity contribution in [3.8, 4) is 0 Å². The Bertz CT molecular complexity index is 495. The van der Waals surface area contributed by atoms with Crippen molar-refractivity contribution in [2.75, 3.05) is 31.7 Å². The van der Waals surface area contributed by atoms with E-state index in [2.05, 4.69) is 4.98 Å². The molecule has 1 unspecified atom stereocenters. The van der Waals surface area contributed by atoms with Crippen LogP contribution in [-0.2, 0) is 14.3 Å². The number of morpholine rings is 1. The second kappa shape index (κ2) is 5.94. The third kappa shape index (κ3) is 3.18. The van der Waals surface area contributed by atoms with Gasteiger partial charge in [-0.25, -0.2) is 4.79 Å². The predicted octanol–water partition coefficient (Wildman–Crippen LogP) is 0.0940. The van der Waals surface area contributed by atoms with Crippen LogP contribution in [0, 0.1) is 0 Å². The molecule has 19 heavy (non-hydrogen) atoms. The highest BCUT2D eigenvalue weighted by Crippen LogP contribution is 2.18. The van der Waals surface area contributed by atoms with Gasteiger partial charge in [-0.1, -0.05) is 12.2 Å². The summed E-state index contributed by atoms with van der Waals surface area (Å²) in [5, 5.41) is 0. The number of carbonyl (C=O) groups excluding carboxylic acids is 1. The molecule has 7 heteroatoms. The van der Waals surface area contributed by atoms with Gasteiger partial charge in [0.15, 0.2) is 6.10 Å². The minimum absolute atomic E-state index is 0.250. The molecule has 0 bridgehead atoms. The first-order valence-electron chi connectivity index (χ1n) is 5.82. The average Bonchev–Trinajstić information content (AvgIpc) is 2.46. The Labute approximate surface area is 116 Å². The number of nitrogens with two attached hydrogens (primary N) is 1. The molecule has 6 nitrogen and oxygen atoms in total. The minimum Gasteiger partial charge on any atom is -0.467 e. The highest BCUT2D eigenvalue weighted by Gasteiger charge is 2.27. The first-order chi connectivity index (χ1) is 9.11. The first kappa shape index (κ1) is 13.7. The summed E-state index contributed by atoms with van der Waals surface area (Å²) in [7, 11) is 1.35. The maximum atomic E-state index is 11.5. The quantitative estimate of drug-likeness (QED) is 0.621. The molecular weight excluding hydrogens is 266 g/mol. The van der Waals surface area contributed by atoms with Gasteiger partial charge < -0.3 is 20.1 Å². The van der Waals surface area contributed by atoms with Gasteiger partial charge in [0.05, 0.1) is 26.0 Å².